The number of halogens is 3. The van der Waals surface area contributed by atoms with Crippen LogP contribution in [0.3, 0.4) is 0 Å². The van der Waals surface area contributed by atoms with E-state index >= 15 is 0 Å². The van der Waals surface area contributed by atoms with Crippen molar-refractivity contribution < 1.29 is 13.6 Å². The second-order valence-corrected chi connectivity index (χ2v) is 6.47. The summed E-state index contributed by atoms with van der Waals surface area (Å²) in [4.78, 5) is 29.3. The van der Waals surface area contributed by atoms with E-state index in [0.29, 0.717) is 17.7 Å². The number of nitrogens with one attached hydrogen (secondary N) is 1. The maximum atomic E-state index is 13.9. The van der Waals surface area contributed by atoms with Gasteiger partial charge in [-0.25, -0.2) is 13.8 Å². The Labute approximate surface area is 164 Å². The second kappa shape index (κ2) is 8.31. The molecule has 0 atom stereocenters. The van der Waals surface area contributed by atoms with Gasteiger partial charge >= 0.3 is 0 Å². The number of carbonyl (C=O) groups is 1. The van der Waals surface area contributed by atoms with E-state index in [1.165, 1.54) is 36.4 Å². The third-order valence-corrected chi connectivity index (χ3v) is 4.25. The molecule has 2 aromatic carbocycles. The highest BCUT2D eigenvalue weighted by molar-refractivity contribution is 6.30. The molecule has 0 bridgehead atoms. The molecule has 0 spiro atoms. The van der Waals surface area contributed by atoms with Crippen molar-refractivity contribution in [3.8, 4) is 11.4 Å². The number of aryl methyl sites for hydroxylation is 1. The van der Waals surface area contributed by atoms with E-state index in [2.05, 4.69) is 10.3 Å². The summed E-state index contributed by atoms with van der Waals surface area (Å²) in [6.45, 7) is 1.42. The molecule has 0 fully saturated rings. The monoisotopic (exact) mass is 403 g/mol. The Kier molecular flexibility index (Phi) is 5.84. The third kappa shape index (κ3) is 4.43. The SMILES string of the molecule is CCc1cc(=O)n(CC(=O)Nc2ccc(Cl)cc2F)c(-c2cccc(F)c2)n1. The Morgan fingerprint density at radius 3 is 2.64 bits per heavy atom. The van der Waals surface area contributed by atoms with E-state index in [4.69, 9.17) is 11.6 Å². The van der Waals surface area contributed by atoms with Crippen molar-refractivity contribution >= 4 is 23.2 Å². The number of hydrogen-bond donors (Lipinski definition) is 1. The van der Waals surface area contributed by atoms with E-state index in [1.54, 1.807) is 6.07 Å². The van der Waals surface area contributed by atoms with E-state index in [9.17, 15) is 18.4 Å². The van der Waals surface area contributed by atoms with Gasteiger partial charge in [-0.3, -0.25) is 14.2 Å². The lowest BCUT2D eigenvalue weighted by atomic mass is 10.2. The van der Waals surface area contributed by atoms with Gasteiger partial charge in [0.2, 0.25) is 5.91 Å². The molecule has 1 heterocycles. The molecule has 5 nitrogen and oxygen atoms in total. The first kappa shape index (κ1) is 19.7. The number of rotatable bonds is 5. The minimum atomic E-state index is -0.696. The fourth-order valence-electron chi connectivity index (χ4n) is 2.66. The molecule has 0 radical (unpaired) electrons. The summed E-state index contributed by atoms with van der Waals surface area (Å²) in [6, 6.07) is 10.7. The van der Waals surface area contributed by atoms with E-state index in [0.717, 1.165) is 10.6 Å². The average molecular weight is 404 g/mol. The molecular weight excluding hydrogens is 388 g/mol. The zero-order chi connectivity index (χ0) is 20.3. The molecule has 0 saturated heterocycles. The number of aromatic nitrogens is 2. The molecule has 0 saturated carbocycles. The van der Waals surface area contributed by atoms with E-state index < -0.39 is 29.6 Å². The Hall–Kier alpha value is -3.06. The summed E-state index contributed by atoms with van der Waals surface area (Å²) >= 11 is 5.70. The van der Waals surface area contributed by atoms with Crippen molar-refractivity contribution in [2.45, 2.75) is 19.9 Å². The fraction of sp³-hybridized carbons (Fsp3) is 0.150. The van der Waals surface area contributed by atoms with Gasteiger partial charge in [0.05, 0.1) is 5.69 Å². The van der Waals surface area contributed by atoms with Gasteiger partial charge in [-0.15, -0.1) is 0 Å². The third-order valence-electron chi connectivity index (χ3n) is 4.01. The molecule has 1 aromatic heterocycles. The predicted molar refractivity (Wildman–Crippen MR) is 103 cm³/mol. The highest BCUT2D eigenvalue weighted by Crippen LogP contribution is 2.20. The highest BCUT2D eigenvalue weighted by atomic mass is 35.5. The molecule has 144 valence electrons. The summed E-state index contributed by atoms with van der Waals surface area (Å²) in [5.74, 6) is -1.66. The van der Waals surface area contributed by atoms with Crippen LogP contribution in [0.4, 0.5) is 14.5 Å². The van der Waals surface area contributed by atoms with Gasteiger partial charge in [-0.1, -0.05) is 30.7 Å². The smallest absolute Gasteiger partial charge is 0.254 e. The first-order valence-corrected chi connectivity index (χ1v) is 8.86. The van der Waals surface area contributed by atoms with Crippen LogP contribution < -0.4 is 10.9 Å². The molecule has 1 amide bonds. The summed E-state index contributed by atoms with van der Waals surface area (Å²) in [5.41, 5.74) is 0.355. The molecule has 0 unspecified atom stereocenters. The Bertz CT molecular complexity index is 1100. The first-order valence-electron chi connectivity index (χ1n) is 8.49. The molecule has 0 aliphatic heterocycles. The molecule has 1 N–H and O–H groups in total. The molecule has 0 aliphatic carbocycles. The summed E-state index contributed by atoms with van der Waals surface area (Å²) in [6.07, 6.45) is 0.501. The van der Waals surface area contributed by atoms with Crippen molar-refractivity contribution in [3.05, 3.63) is 81.2 Å². The van der Waals surface area contributed by atoms with Crippen LogP contribution in [0.5, 0.6) is 0 Å². The van der Waals surface area contributed by atoms with Crippen LogP contribution in [0, 0.1) is 11.6 Å². The normalized spacial score (nSPS) is 10.7. The lowest BCUT2D eigenvalue weighted by molar-refractivity contribution is -0.116. The quantitative estimate of drug-likeness (QED) is 0.699. The van der Waals surface area contributed by atoms with E-state index in [1.807, 2.05) is 6.92 Å². The number of benzene rings is 2. The van der Waals surface area contributed by atoms with Crippen LogP contribution in [0.25, 0.3) is 11.4 Å². The van der Waals surface area contributed by atoms with Crippen LogP contribution in [0.2, 0.25) is 5.02 Å². The molecule has 3 aromatic rings. The van der Waals surface area contributed by atoms with Crippen molar-refractivity contribution in [1.29, 1.82) is 0 Å². The number of carbonyl (C=O) groups excluding carboxylic acids is 1. The zero-order valence-electron chi connectivity index (χ0n) is 14.9. The van der Waals surface area contributed by atoms with Crippen molar-refractivity contribution in [2.24, 2.45) is 0 Å². The van der Waals surface area contributed by atoms with Gasteiger partial charge < -0.3 is 5.32 Å². The van der Waals surface area contributed by atoms with Gasteiger partial charge in [0.1, 0.15) is 24.0 Å². The lowest BCUT2D eigenvalue weighted by Gasteiger charge is -2.14. The van der Waals surface area contributed by atoms with Crippen molar-refractivity contribution in [3.63, 3.8) is 0 Å². The van der Waals surface area contributed by atoms with Crippen LogP contribution in [-0.2, 0) is 17.8 Å². The van der Waals surface area contributed by atoms with Gasteiger partial charge in [0.15, 0.2) is 0 Å². The number of anilines is 1. The maximum Gasteiger partial charge on any atom is 0.254 e. The topological polar surface area (TPSA) is 64.0 Å². The van der Waals surface area contributed by atoms with Gasteiger partial charge in [-0.2, -0.15) is 0 Å². The van der Waals surface area contributed by atoms with Crippen LogP contribution >= 0.6 is 11.6 Å². The number of amides is 1. The summed E-state index contributed by atoms with van der Waals surface area (Å²) in [7, 11) is 0. The Balaban J connectivity index is 1.96. The van der Waals surface area contributed by atoms with Crippen LogP contribution in [0.1, 0.15) is 12.6 Å². The minimum Gasteiger partial charge on any atom is -0.322 e. The lowest BCUT2D eigenvalue weighted by Crippen LogP contribution is -2.30. The predicted octanol–water partition coefficient (Wildman–Crippen LogP) is 4.04. The summed E-state index contributed by atoms with van der Waals surface area (Å²) in [5, 5.41) is 2.59. The van der Waals surface area contributed by atoms with E-state index in [-0.39, 0.29) is 16.5 Å². The van der Waals surface area contributed by atoms with Gasteiger partial charge in [0, 0.05) is 22.3 Å². The number of nitrogens with zero attached hydrogens (tertiary/aromatic N) is 2. The molecule has 3 rings (SSSR count). The second-order valence-electron chi connectivity index (χ2n) is 6.03. The van der Waals surface area contributed by atoms with Crippen molar-refractivity contribution in [2.75, 3.05) is 5.32 Å². The average Bonchev–Trinajstić information content (AvgIpc) is 2.65. The molecule has 8 heteroatoms. The van der Waals surface area contributed by atoms with Gasteiger partial charge in [-0.05, 0) is 36.8 Å². The first-order chi connectivity index (χ1) is 13.4. The van der Waals surface area contributed by atoms with Gasteiger partial charge in [0.25, 0.3) is 5.56 Å². The standard InChI is InChI=1S/C20H16ClF2N3O2/c1-2-15-10-19(28)26(20(24-15)12-4-3-5-14(22)8-12)11-18(27)25-17-7-6-13(21)9-16(17)23/h3-10H,2,11H2,1H3,(H,25,27). The Morgan fingerprint density at radius 1 is 1.18 bits per heavy atom. The molecule has 28 heavy (non-hydrogen) atoms. The van der Waals surface area contributed by atoms with Crippen LogP contribution in [-0.4, -0.2) is 15.5 Å². The summed E-state index contributed by atoms with van der Waals surface area (Å²) < 4.78 is 28.7. The van der Waals surface area contributed by atoms with Crippen LogP contribution in [0.15, 0.2) is 53.3 Å². The Morgan fingerprint density at radius 2 is 1.96 bits per heavy atom. The number of hydrogen-bond acceptors (Lipinski definition) is 3. The largest absolute Gasteiger partial charge is 0.322 e. The highest BCUT2D eigenvalue weighted by Gasteiger charge is 2.15. The fourth-order valence-corrected chi connectivity index (χ4v) is 2.82. The molecule has 0 aliphatic rings. The minimum absolute atomic E-state index is 0.0621. The van der Waals surface area contributed by atoms with Crippen molar-refractivity contribution in [1.82, 2.24) is 9.55 Å². The maximum absolute atomic E-state index is 13.9. The molecular formula is C20H16ClF2N3O2. The zero-order valence-corrected chi connectivity index (χ0v) is 15.6.